The molecule has 1 aromatic rings. The average Bonchev–Trinajstić information content (AvgIpc) is 3.07. The van der Waals surface area contributed by atoms with Crippen LogP contribution in [-0.2, 0) is 20.4 Å². The van der Waals surface area contributed by atoms with Crippen LogP contribution in [0.2, 0.25) is 15.4 Å². The van der Waals surface area contributed by atoms with Crippen LogP contribution >= 0.6 is 0 Å². The van der Waals surface area contributed by atoms with Gasteiger partial charge in [-0.25, -0.2) is 0 Å². The van der Waals surface area contributed by atoms with Gasteiger partial charge in [-0.05, 0) is 0 Å². The number of hydrogen-bond acceptors (Lipinski definition) is 0. The first-order chi connectivity index (χ1) is 9.90. The van der Waals surface area contributed by atoms with E-state index in [0.29, 0.717) is 3.34 Å². The van der Waals surface area contributed by atoms with E-state index in [-0.39, 0.29) is 42.6 Å². The van der Waals surface area contributed by atoms with E-state index in [1.807, 2.05) is 0 Å². The predicted molar refractivity (Wildman–Crippen MR) is 90.0 cm³/mol. The zero-order valence-corrected chi connectivity index (χ0v) is 19.4. The van der Waals surface area contributed by atoms with Gasteiger partial charge in [0.2, 0.25) is 0 Å². The molecular formula is C19H25Cl3SiTi. The van der Waals surface area contributed by atoms with Gasteiger partial charge in [-0.1, -0.05) is 0 Å². The fourth-order valence-corrected chi connectivity index (χ4v) is 13.1. The molecule has 1 aliphatic carbocycles. The van der Waals surface area contributed by atoms with Crippen molar-refractivity contribution in [1.82, 2.24) is 0 Å². The maximum absolute atomic E-state index is 2.54. The first-order valence-corrected chi connectivity index (χ1v) is 11.3. The van der Waals surface area contributed by atoms with E-state index in [4.69, 9.17) is 0 Å². The molecule has 5 heteroatoms. The Morgan fingerprint density at radius 2 is 1.50 bits per heavy atom. The van der Waals surface area contributed by atoms with Crippen molar-refractivity contribution in [2.45, 2.75) is 49.0 Å². The SMILES string of the molecule is CC(C)(C)C1=CC=C[C]1([Ti+3])[Si]1(c2ccccc2)CCCC1.[Cl-].[Cl-].[Cl-]. The molecule has 0 aromatic heterocycles. The minimum Gasteiger partial charge on any atom is -1.00 e. The van der Waals surface area contributed by atoms with Crippen molar-refractivity contribution in [2.75, 3.05) is 0 Å². The standard InChI is InChI=1S/C19H25Si.3ClH.Ti/c1-19(2,3)17-12-9-13-18(17)20(14-7-8-15-20)16-10-5-4-6-11-16;;;;/h4-6,9-13H,7-8,14-15H2,1-3H3;3*1H;/q;;;;+3/p-3. The van der Waals surface area contributed by atoms with Crippen molar-refractivity contribution < 1.29 is 57.7 Å². The van der Waals surface area contributed by atoms with Gasteiger partial charge < -0.3 is 37.2 Å². The zero-order chi connectivity index (χ0) is 15.1. The molecule has 24 heavy (non-hydrogen) atoms. The minimum absolute atomic E-state index is 0. The number of allylic oxidation sites excluding steroid dienone is 4. The Morgan fingerprint density at radius 3 is 2.00 bits per heavy atom. The van der Waals surface area contributed by atoms with E-state index in [0.717, 1.165) is 0 Å². The predicted octanol–water partition coefficient (Wildman–Crippen LogP) is -4.06. The number of benzene rings is 1. The Morgan fingerprint density at radius 1 is 0.958 bits per heavy atom. The minimum atomic E-state index is -1.53. The first kappa shape index (κ1) is 24.5. The van der Waals surface area contributed by atoms with E-state index in [1.165, 1.54) is 24.9 Å². The molecule has 130 valence electrons. The summed E-state index contributed by atoms with van der Waals surface area (Å²) in [6.07, 6.45) is 10.1. The molecule has 0 bridgehead atoms. The molecule has 2 aliphatic rings. The largest absolute Gasteiger partial charge is 1.00 e. The summed E-state index contributed by atoms with van der Waals surface area (Å²) in [6, 6.07) is 14.4. The summed E-state index contributed by atoms with van der Waals surface area (Å²) < 4.78 is 0.295. The van der Waals surface area contributed by atoms with E-state index < -0.39 is 8.07 Å². The fraction of sp³-hybridized carbons (Fsp3) is 0.474. The van der Waals surface area contributed by atoms with Crippen LogP contribution in [0.15, 0.2) is 54.1 Å². The molecule has 1 atom stereocenters. The molecule has 1 aromatic carbocycles. The van der Waals surface area contributed by atoms with Gasteiger partial charge in [0, 0.05) is 0 Å². The molecule has 0 N–H and O–H groups in total. The molecule has 1 fully saturated rings. The van der Waals surface area contributed by atoms with E-state index in [1.54, 1.807) is 10.8 Å². The van der Waals surface area contributed by atoms with Crippen LogP contribution in [0.4, 0.5) is 0 Å². The van der Waals surface area contributed by atoms with Gasteiger partial charge in [-0.3, -0.25) is 0 Å². The molecule has 1 saturated heterocycles. The quantitative estimate of drug-likeness (QED) is 0.415. The molecule has 1 heterocycles. The van der Waals surface area contributed by atoms with Crippen LogP contribution in [0.1, 0.15) is 33.6 Å². The van der Waals surface area contributed by atoms with Crippen molar-refractivity contribution >= 4 is 13.3 Å². The second-order valence-corrected chi connectivity index (χ2v) is 14.2. The molecule has 1 unspecified atom stereocenters. The number of halogens is 3. The van der Waals surface area contributed by atoms with Gasteiger partial charge >= 0.3 is 142 Å². The summed E-state index contributed by atoms with van der Waals surface area (Å²) in [6.45, 7) is 7.14. The maximum atomic E-state index is 2.54. The van der Waals surface area contributed by atoms with Gasteiger partial charge in [0.15, 0.2) is 0 Å². The van der Waals surface area contributed by atoms with E-state index >= 15 is 0 Å². The molecule has 0 spiro atoms. The Labute approximate surface area is 178 Å². The van der Waals surface area contributed by atoms with E-state index in [9.17, 15) is 0 Å². The van der Waals surface area contributed by atoms with Gasteiger partial charge in [0.25, 0.3) is 0 Å². The summed E-state index contributed by atoms with van der Waals surface area (Å²) >= 11 is 2.54. The normalized spacial score (nSPS) is 24.5. The van der Waals surface area contributed by atoms with Crippen molar-refractivity contribution in [3.8, 4) is 0 Å². The number of hydrogen-bond donors (Lipinski definition) is 0. The maximum Gasteiger partial charge on any atom is -1.00 e. The van der Waals surface area contributed by atoms with Gasteiger partial charge in [-0.2, -0.15) is 0 Å². The van der Waals surface area contributed by atoms with Crippen molar-refractivity contribution in [3.05, 3.63) is 54.1 Å². The molecule has 0 saturated carbocycles. The van der Waals surface area contributed by atoms with Crippen LogP contribution in [0.25, 0.3) is 0 Å². The molecule has 1 aliphatic heterocycles. The summed E-state index contributed by atoms with van der Waals surface area (Å²) in [7, 11) is -1.53. The van der Waals surface area contributed by atoms with Crippen molar-refractivity contribution in [3.63, 3.8) is 0 Å². The Kier molecular flexibility index (Phi) is 9.12. The summed E-state index contributed by atoms with van der Waals surface area (Å²) in [5, 5.41) is 1.67. The van der Waals surface area contributed by atoms with Crippen LogP contribution < -0.4 is 42.4 Å². The third-order valence-electron chi connectivity index (χ3n) is 5.38. The van der Waals surface area contributed by atoms with Crippen LogP contribution in [0.5, 0.6) is 0 Å². The fourth-order valence-electron chi connectivity index (χ4n) is 4.42. The Hall–Kier alpha value is 0.501. The second-order valence-electron chi connectivity index (χ2n) is 7.65. The topological polar surface area (TPSA) is 0 Å². The van der Waals surface area contributed by atoms with Gasteiger partial charge in [-0.15, -0.1) is 0 Å². The van der Waals surface area contributed by atoms with Crippen molar-refractivity contribution in [2.24, 2.45) is 5.41 Å². The van der Waals surface area contributed by atoms with E-state index in [2.05, 4.69) is 89.8 Å². The first-order valence-electron chi connectivity index (χ1n) is 8.11. The Balaban J connectivity index is 0.00000176. The molecular weight excluding hydrogens is 411 g/mol. The van der Waals surface area contributed by atoms with Crippen LogP contribution in [0, 0.1) is 5.41 Å². The van der Waals surface area contributed by atoms with Crippen molar-refractivity contribution in [1.29, 1.82) is 0 Å². The van der Waals surface area contributed by atoms with Gasteiger partial charge in [0.1, 0.15) is 0 Å². The molecule has 0 radical (unpaired) electrons. The Bertz CT molecular complexity index is 586. The van der Waals surface area contributed by atoms with Crippen LogP contribution in [-0.4, -0.2) is 8.07 Å². The number of rotatable bonds is 2. The molecule has 3 rings (SSSR count). The zero-order valence-electron chi connectivity index (χ0n) is 14.6. The summed E-state index contributed by atoms with van der Waals surface area (Å²) in [5.41, 5.74) is 1.92. The smallest absolute Gasteiger partial charge is 1.00 e. The summed E-state index contributed by atoms with van der Waals surface area (Å²) in [4.78, 5) is 0. The third kappa shape index (κ3) is 3.92. The average molecular weight is 436 g/mol. The monoisotopic (exact) mass is 434 g/mol. The summed E-state index contributed by atoms with van der Waals surface area (Å²) in [5.74, 6) is 0. The van der Waals surface area contributed by atoms with Gasteiger partial charge in [0.05, 0.1) is 0 Å². The third-order valence-corrected chi connectivity index (χ3v) is 14.1. The van der Waals surface area contributed by atoms with Crippen LogP contribution in [0.3, 0.4) is 0 Å². The molecule has 0 nitrogen and oxygen atoms in total. The second kappa shape index (κ2) is 8.93. The molecule has 0 amide bonds.